The van der Waals surface area contributed by atoms with Crippen molar-refractivity contribution >= 4 is 31.6 Å². The van der Waals surface area contributed by atoms with E-state index in [1.54, 1.807) is 0 Å². The largest absolute Gasteiger partial charge is 0.467 e. The molecule has 1 amide bonds. The third-order valence-electron chi connectivity index (χ3n) is 3.79. The first kappa shape index (κ1) is 17.7. The molecule has 1 aliphatic rings. The molecule has 1 aromatic rings. The third-order valence-corrected chi connectivity index (χ3v) is 5.04. The highest BCUT2D eigenvalue weighted by atomic mass is 35.7. The molecule has 1 fully saturated rings. The van der Waals surface area contributed by atoms with Crippen molar-refractivity contribution < 1.29 is 22.7 Å². The predicted molar refractivity (Wildman–Crippen MR) is 85.4 cm³/mol. The number of rotatable bonds is 6. The molecule has 1 unspecified atom stereocenters. The van der Waals surface area contributed by atoms with Gasteiger partial charge >= 0.3 is 5.97 Å². The Morgan fingerprint density at radius 2 is 2.04 bits per heavy atom. The minimum atomic E-state index is -3.69. The maximum atomic E-state index is 12.2. The van der Waals surface area contributed by atoms with Crippen LogP contribution in [0.15, 0.2) is 30.3 Å². The number of methoxy groups -OCH3 is 1. The summed E-state index contributed by atoms with van der Waals surface area (Å²) in [5.74, 6) is -1.47. The first-order valence-electron chi connectivity index (χ1n) is 7.13. The second-order valence-corrected chi connectivity index (χ2v) is 8.37. The lowest BCUT2D eigenvalue weighted by molar-refractivity contribution is -0.151. The Balaban J connectivity index is 2.16. The summed E-state index contributed by atoms with van der Waals surface area (Å²) >= 11 is 0. The highest BCUT2D eigenvalue weighted by Crippen LogP contribution is 2.24. The Kier molecular flexibility index (Phi) is 5.64. The van der Waals surface area contributed by atoms with Crippen LogP contribution in [0.25, 0.3) is 0 Å². The van der Waals surface area contributed by atoms with Crippen LogP contribution in [0, 0.1) is 5.92 Å². The van der Waals surface area contributed by atoms with Crippen LogP contribution in [0.3, 0.4) is 0 Å². The normalized spacial score (nSPS) is 19.7. The number of halogens is 1. The quantitative estimate of drug-likeness (QED) is 0.563. The summed E-state index contributed by atoms with van der Waals surface area (Å²) in [5, 5.41) is 0. The fourth-order valence-corrected chi connectivity index (χ4v) is 4.12. The van der Waals surface area contributed by atoms with Crippen LogP contribution < -0.4 is 0 Å². The Morgan fingerprint density at radius 3 is 2.61 bits per heavy atom. The zero-order chi connectivity index (χ0) is 17.0. The van der Waals surface area contributed by atoms with Gasteiger partial charge in [-0.3, -0.25) is 4.79 Å². The van der Waals surface area contributed by atoms with Gasteiger partial charge in [-0.15, -0.1) is 0 Å². The minimum absolute atomic E-state index is 0.0637. The minimum Gasteiger partial charge on any atom is -0.467 e. The molecule has 8 heteroatoms. The van der Waals surface area contributed by atoms with Crippen LogP contribution in [-0.2, 0) is 29.8 Å². The van der Waals surface area contributed by atoms with Gasteiger partial charge in [-0.25, -0.2) is 13.2 Å². The molecule has 0 bridgehead atoms. The molecule has 0 aliphatic carbocycles. The fraction of sp³-hybridized carbons (Fsp3) is 0.467. The van der Waals surface area contributed by atoms with Crippen LogP contribution >= 0.6 is 10.7 Å². The zero-order valence-electron chi connectivity index (χ0n) is 12.6. The molecule has 1 aliphatic heterocycles. The number of esters is 1. The van der Waals surface area contributed by atoms with E-state index in [1.165, 1.54) is 12.0 Å². The van der Waals surface area contributed by atoms with Crippen molar-refractivity contribution in [2.24, 2.45) is 5.92 Å². The fourth-order valence-electron chi connectivity index (χ4n) is 2.80. The molecule has 2 rings (SSSR count). The monoisotopic (exact) mass is 359 g/mol. The summed E-state index contributed by atoms with van der Waals surface area (Å²) in [7, 11) is 2.84. The van der Waals surface area contributed by atoms with Gasteiger partial charge in [0, 0.05) is 36.0 Å². The van der Waals surface area contributed by atoms with Gasteiger partial charge in [-0.05, 0) is 5.56 Å². The van der Waals surface area contributed by atoms with Gasteiger partial charge in [-0.2, -0.15) is 0 Å². The lowest BCUT2D eigenvalue weighted by Crippen LogP contribution is -2.44. The molecule has 0 N–H and O–H groups in total. The highest BCUT2D eigenvalue weighted by Gasteiger charge is 2.39. The summed E-state index contributed by atoms with van der Waals surface area (Å²) < 4.78 is 27.2. The lowest BCUT2D eigenvalue weighted by Gasteiger charge is -2.26. The number of hydrogen-bond donors (Lipinski definition) is 0. The van der Waals surface area contributed by atoms with E-state index in [2.05, 4.69) is 0 Å². The highest BCUT2D eigenvalue weighted by molar-refractivity contribution is 8.13. The van der Waals surface area contributed by atoms with Crippen molar-refractivity contribution in [1.29, 1.82) is 0 Å². The van der Waals surface area contributed by atoms with Crippen molar-refractivity contribution in [2.75, 3.05) is 19.4 Å². The molecular formula is C15H18ClNO5S. The first-order valence-corrected chi connectivity index (χ1v) is 9.61. The molecule has 1 aromatic carbocycles. The number of benzene rings is 1. The van der Waals surface area contributed by atoms with Crippen molar-refractivity contribution in [3.05, 3.63) is 35.9 Å². The average Bonchev–Trinajstić information content (AvgIpc) is 2.83. The number of hydrogen-bond acceptors (Lipinski definition) is 5. The summed E-state index contributed by atoms with van der Waals surface area (Å²) in [4.78, 5) is 25.7. The van der Waals surface area contributed by atoms with Gasteiger partial charge in [-0.1, -0.05) is 30.3 Å². The molecular weight excluding hydrogens is 342 g/mol. The Bertz CT molecular complexity index is 676. The molecule has 1 saturated heterocycles. The van der Waals surface area contributed by atoms with Crippen molar-refractivity contribution in [2.45, 2.75) is 18.9 Å². The van der Waals surface area contributed by atoms with E-state index in [-0.39, 0.29) is 24.6 Å². The molecule has 0 aromatic heterocycles. The van der Waals surface area contributed by atoms with Crippen LogP contribution in [0.5, 0.6) is 0 Å². The molecule has 6 nitrogen and oxygen atoms in total. The van der Waals surface area contributed by atoms with Crippen LogP contribution in [0.1, 0.15) is 12.0 Å². The lowest BCUT2D eigenvalue weighted by atomic mass is 10.0. The van der Waals surface area contributed by atoms with Crippen LogP contribution in [-0.4, -0.2) is 50.6 Å². The topological polar surface area (TPSA) is 80.8 Å². The molecule has 126 valence electrons. The number of ether oxygens (including phenoxy) is 1. The Morgan fingerprint density at radius 1 is 1.39 bits per heavy atom. The maximum absolute atomic E-state index is 12.2. The number of likely N-dealkylation sites (tertiary alicyclic amines) is 1. The van der Waals surface area contributed by atoms with Gasteiger partial charge in [0.05, 0.1) is 12.9 Å². The number of amides is 1. The summed E-state index contributed by atoms with van der Waals surface area (Å²) in [6.45, 7) is 0.178. The Labute approximate surface area is 139 Å². The van der Waals surface area contributed by atoms with Gasteiger partial charge in [0.25, 0.3) is 0 Å². The van der Waals surface area contributed by atoms with Crippen molar-refractivity contribution in [3.63, 3.8) is 0 Å². The summed E-state index contributed by atoms with van der Waals surface area (Å²) in [5.41, 5.74) is 0.893. The van der Waals surface area contributed by atoms with E-state index >= 15 is 0 Å². The van der Waals surface area contributed by atoms with Crippen molar-refractivity contribution in [1.82, 2.24) is 4.90 Å². The molecule has 0 spiro atoms. The van der Waals surface area contributed by atoms with Gasteiger partial charge in [0.15, 0.2) is 0 Å². The molecule has 23 heavy (non-hydrogen) atoms. The second-order valence-electron chi connectivity index (χ2n) is 5.55. The number of carbonyl (C=O) groups excluding carboxylic acids is 2. The average molecular weight is 360 g/mol. The van der Waals surface area contributed by atoms with Crippen LogP contribution in [0.2, 0.25) is 0 Å². The van der Waals surface area contributed by atoms with Gasteiger partial charge < -0.3 is 9.64 Å². The van der Waals surface area contributed by atoms with E-state index in [0.717, 1.165) is 5.56 Å². The van der Waals surface area contributed by atoms with E-state index in [9.17, 15) is 18.0 Å². The Hall–Kier alpha value is -1.60. The molecule has 2 atom stereocenters. The van der Waals surface area contributed by atoms with Gasteiger partial charge in [0.1, 0.15) is 6.04 Å². The molecule has 0 saturated carbocycles. The SMILES string of the molecule is COC(=O)[C@@H](Cc1ccccc1)N1CC(CS(=O)(=O)Cl)CC1=O. The van der Waals surface area contributed by atoms with E-state index in [1.807, 2.05) is 30.3 Å². The van der Waals surface area contributed by atoms with Crippen LogP contribution in [0.4, 0.5) is 0 Å². The van der Waals surface area contributed by atoms with E-state index in [0.29, 0.717) is 6.42 Å². The first-order chi connectivity index (χ1) is 10.8. The zero-order valence-corrected chi connectivity index (χ0v) is 14.2. The van der Waals surface area contributed by atoms with E-state index in [4.69, 9.17) is 15.4 Å². The van der Waals surface area contributed by atoms with Gasteiger partial charge in [0.2, 0.25) is 15.0 Å². The molecule has 0 radical (unpaired) electrons. The standard InChI is InChI=1S/C15H18ClNO5S/c1-22-15(19)13(7-11-5-3-2-4-6-11)17-9-12(8-14(17)18)10-23(16,20)21/h2-6,12-13H,7-10H2,1H3/t12?,13-/m1/s1. The third kappa shape index (κ3) is 4.94. The molecule has 1 heterocycles. The maximum Gasteiger partial charge on any atom is 0.328 e. The van der Waals surface area contributed by atoms with E-state index < -0.39 is 27.0 Å². The number of carbonyl (C=O) groups is 2. The van der Waals surface area contributed by atoms with Crippen molar-refractivity contribution in [3.8, 4) is 0 Å². The summed E-state index contributed by atoms with van der Waals surface area (Å²) in [6.07, 6.45) is 0.383. The summed E-state index contributed by atoms with van der Waals surface area (Å²) in [6, 6.07) is 8.50. The number of nitrogens with zero attached hydrogens (tertiary/aromatic N) is 1. The smallest absolute Gasteiger partial charge is 0.328 e. The second kappa shape index (κ2) is 7.31. The predicted octanol–water partition coefficient (Wildman–Crippen LogP) is 1.19.